The van der Waals surface area contributed by atoms with Crippen molar-refractivity contribution in [2.45, 2.75) is 0 Å². The first-order chi connectivity index (χ1) is 4.00. The van der Waals surface area contributed by atoms with Gasteiger partial charge in [-0.2, -0.15) is 0 Å². The summed E-state index contributed by atoms with van der Waals surface area (Å²) >= 11 is 0. The van der Waals surface area contributed by atoms with E-state index in [1.54, 1.807) is 0 Å². The van der Waals surface area contributed by atoms with Crippen LogP contribution in [0, 0.1) is 0 Å². The van der Waals surface area contributed by atoms with Crippen LogP contribution in [0.1, 0.15) is 0 Å². The van der Waals surface area contributed by atoms with Crippen LogP contribution in [0.15, 0.2) is 12.7 Å². The third-order valence-corrected chi connectivity index (χ3v) is 0.175. The summed E-state index contributed by atoms with van der Waals surface area (Å²) in [5.74, 6) is -0.981. The number of amides is 1. The number of primary amides is 1. The highest BCUT2D eigenvalue weighted by atomic mass is 16.4. The van der Waals surface area contributed by atoms with Crippen LogP contribution in [0.3, 0.4) is 0 Å². The number of carboxylic acids is 1. The molecule has 0 aliphatic rings. The minimum absolute atomic E-state index is 0. The minimum atomic E-state index is -1.33. The monoisotopic (exact) mass is 151 g/mol. The molecule has 6 nitrogen and oxygen atoms in total. The first kappa shape index (κ1) is 15.8. The van der Waals surface area contributed by atoms with Crippen molar-refractivity contribution in [2.24, 2.45) is 5.73 Å². The maximum Gasteiger partial charge on any atom is 0.402 e. The van der Waals surface area contributed by atoms with Crippen molar-refractivity contribution in [1.29, 1.82) is 0 Å². The van der Waals surface area contributed by atoms with Gasteiger partial charge < -0.3 is 21.4 Å². The molecule has 0 aliphatic carbocycles. The van der Waals surface area contributed by atoms with E-state index in [1.165, 1.54) is 0 Å². The molecule has 6 heteroatoms. The molecule has 0 bridgehead atoms. The molecule has 0 fully saturated rings. The van der Waals surface area contributed by atoms with Gasteiger partial charge in [0.25, 0.3) is 0 Å². The van der Waals surface area contributed by atoms with E-state index in [2.05, 4.69) is 12.3 Å². The molecule has 0 aromatic rings. The number of carboxylic acid groups (broad SMARTS) is 2. The summed E-state index contributed by atoms with van der Waals surface area (Å²) in [4.78, 5) is 18.0. The molecule has 0 heterocycles. The van der Waals surface area contributed by atoms with E-state index in [0.29, 0.717) is 0 Å². The first-order valence-corrected chi connectivity index (χ1v) is 1.84. The van der Waals surface area contributed by atoms with E-state index in [1.807, 2.05) is 0 Å². The Hall–Kier alpha value is -1.56. The summed E-state index contributed by atoms with van der Waals surface area (Å²) in [6.45, 7) is 2.96. The lowest BCUT2D eigenvalue weighted by molar-refractivity contribution is -0.131. The second-order valence-corrected chi connectivity index (χ2v) is 0.881. The first-order valence-electron chi connectivity index (χ1n) is 1.84. The fourth-order valence-electron chi connectivity index (χ4n) is 0. The van der Waals surface area contributed by atoms with Crippen LogP contribution in [0.5, 0.6) is 0 Å². The molecule has 60 valence electrons. The molecular weight excluding hydrogens is 142 g/mol. The number of nitrogens with two attached hydrogens (primary N) is 1. The quantitative estimate of drug-likeness (QED) is 0.417. The van der Waals surface area contributed by atoms with Gasteiger partial charge in [0.15, 0.2) is 0 Å². The molecule has 0 saturated carbocycles. The Morgan fingerprint density at radius 3 is 1.50 bits per heavy atom. The zero-order valence-electron chi connectivity index (χ0n) is 5.07. The fourth-order valence-corrected chi connectivity index (χ4v) is 0. The van der Waals surface area contributed by atoms with Crippen LogP contribution >= 0.6 is 0 Å². The Kier molecular flexibility index (Phi) is 16.5. The lowest BCUT2D eigenvalue weighted by atomic mass is 10.7. The van der Waals surface area contributed by atoms with Gasteiger partial charge in [0, 0.05) is 6.08 Å². The van der Waals surface area contributed by atoms with Crippen LogP contribution < -0.4 is 5.73 Å². The summed E-state index contributed by atoms with van der Waals surface area (Å²) in [5, 5.41) is 14.8. The molecule has 0 saturated heterocycles. The normalized spacial score (nSPS) is 5.60. The molecule has 1 amide bonds. The van der Waals surface area contributed by atoms with Crippen molar-refractivity contribution >= 4 is 12.1 Å². The largest absolute Gasteiger partial charge is 0.478 e. The van der Waals surface area contributed by atoms with Crippen LogP contribution in [0.2, 0.25) is 0 Å². The van der Waals surface area contributed by atoms with Gasteiger partial charge in [0.2, 0.25) is 0 Å². The number of carbonyl (C=O) groups is 2. The standard InChI is InChI=1S/C3H4O2.CH3NO2.H2O/c1-2-3(4)5;2-1(3)4;/h2H,1H2,(H,4,5);2H2,(H,3,4);1H2. The van der Waals surface area contributed by atoms with Gasteiger partial charge >= 0.3 is 12.1 Å². The zero-order chi connectivity index (χ0) is 7.86. The molecule has 0 aromatic heterocycles. The fraction of sp³-hybridized carbons (Fsp3) is 0. The smallest absolute Gasteiger partial charge is 0.402 e. The van der Waals surface area contributed by atoms with Crippen LogP contribution in [0.4, 0.5) is 4.79 Å². The van der Waals surface area contributed by atoms with Crippen molar-refractivity contribution in [3.8, 4) is 0 Å². The maximum absolute atomic E-state index is 9.25. The van der Waals surface area contributed by atoms with Crippen molar-refractivity contribution < 1.29 is 25.3 Å². The van der Waals surface area contributed by atoms with Gasteiger partial charge in [-0.25, -0.2) is 9.59 Å². The molecule has 0 unspecified atom stereocenters. The highest BCUT2D eigenvalue weighted by molar-refractivity contribution is 5.78. The van der Waals surface area contributed by atoms with E-state index < -0.39 is 12.1 Å². The summed E-state index contributed by atoms with van der Waals surface area (Å²) in [6, 6.07) is 0. The van der Waals surface area contributed by atoms with Gasteiger partial charge in [-0.15, -0.1) is 0 Å². The predicted molar refractivity (Wildman–Crippen MR) is 33.7 cm³/mol. The SMILES string of the molecule is C=CC(=O)O.NC(=O)O.O. The van der Waals surface area contributed by atoms with Gasteiger partial charge in [0.05, 0.1) is 0 Å². The number of hydrogen-bond donors (Lipinski definition) is 3. The molecule has 0 spiro atoms. The maximum atomic E-state index is 9.25. The zero-order valence-corrected chi connectivity index (χ0v) is 5.07. The average molecular weight is 151 g/mol. The van der Waals surface area contributed by atoms with Crippen molar-refractivity contribution in [3.63, 3.8) is 0 Å². The van der Waals surface area contributed by atoms with E-state index in [-0.39, 0.29) is 5.48 Å². The highest BCUT2D eigenvalue weighted by Crippen LogP contribution is 1.54. The number of rotatable bonds is 1. The Morgan fingerprint density at radius 1 is 1.40 bits per heavy atom. The molecule has 0 atom stereocenters. The van der Waals surface area contributed by atoms with Gasteiger partial charge in [0.1, 0.15) is 0 Å². The number of hydrogen-bond acceptors (Lipinski definition) is 2. The van der Waals surface area contributed by atoms with E-state index in [0.717, 1.165) is 6.08 Å². The molecule has 0 rings (SSSR count). The molecule has 6 N–H and O–H groups in total. The van der Waals surface area contributed by atoms with E-state index >= 15 is 0 Å². The molecular formula is C4H9NO5. The average Bonchev–Trinajstić information content (AvgIpc) is 1.65. The summed E-state index contributed by atoms with van der Waals surface area (Å²) in [7, 11) is 0. The summed E-state index contributed by atoms with van der Waals surface area (Å²) in [5.41, 5.74) is 4.03. The van der Waals surface area contributed by atoms with Gasteiger partial charge in [-0.1, -0.05) is 6.58 Å². The van der Waals surface area contributed by atoms with E-state index in [9.17, 15) is 4.79 Å². The van der Waals surface area contributed by atoms with Crippen molar-refractivity contribution in [3.05, 3.63) is 12.7 Å². The number of aliphatic carboxylic acids is 1. The van der Waals surface area contributed by atoms with Gasteiger partial charge in [-0.05, 0) is 0 Å². The molecule has 0 aromatic carbocycles. The summed E-state index contributed by atoms with van der Waals surface area (Å²) in [6.07, 6.45) is -0.500. The third kappa shape index (κ3) is 984. The Morgan fingerprint density at radius 2 is 1.50 bits per heavy atom. The second-order valence-electron chi connectivity index (χ2n) is 0.881. The summed E-state index contributed by atoms with van der Waals surface area (Å²) < 4.78 is 0. The van der Waals surface area contributed by atoms with Crippen LogP contribution in [0.25, 0.3) is 0 Å². The molecule has 0 aliphatic heterocycles. The Balaban J connectivity index is -0.0000000910. The van der Waals surface area contributed by atoms with Crippen LogP contribution in [-0.2, 0) is 4.79 Å². The minimum Gasteiger partial charge on any atom is -0.478 e. The topological polar surface area (TPSA) is 132 Å². The third-order valence-electron chi connectivity index (χ3n) is 0.175. The van der Waals surface area contributed by atoms with Gasteiger partial charge in [-0.3, -0.25) is 0 Å². The predicted octanol–water partition coefficient (Wildman–Crippen LogP) is -0.945. The molecule has 10 heavy (non-hydrogen) atoms. The van der Waals surface area contributed by atoms with E-state index in [4.69, 9.17) is 15.0 Å². The Labute approximate surface area is 56.9 Å². The second kappa shape index (κ2) is 10.4. The Bertz CT molecular complexity index is 117. The lowest BCUT2D eigenvalue weighted by Crippen LogP contribution is -2.03. The van der Waals surface area contributed by atoms with Crippen LogP contribution in [-0.4, -0.2) is 27.8 Å². The lowest BCUT2D eigenvalue weighted by Gasteiger charge is -1.64. The van der Waals surface area contributed by atoms with Crippen molar-refractivity contribution in [1.82, 2.24) is 0 Å². The molecule has 0 radical (unpaired) electrons. The van der Waals surface area contributed by atoms with Crippen molar-refractivity contribution in [2.75, 3.05) is 0 Å². The highest BCUT2D eigenvalue weighted by Gasteiger charge is 1.73.